The molecule has 1 fully saturated rings. The number of hydrogen-bond acceptors (Lipinski definition) is 6. The number of ether oxygens (including phenoxy) is 1. The number of amides is 3. The number of anilines is 3. The van der Waals surface area contributed by atoms with Crippen molar-refractivity contribution in [2.75, 3.05) is 16.0 Å². The minimum absolute atomic E-state index is 0.0337. The number of aromatic nitrogens is 2. The molecule has 1 saturated carbocycles. The Labute approximate surface area is 197 Å². The van der Waals surface area contributed by atoms with Crippen LogP contribution in [0, 0.1) is 17.2 Å². The number of hydrogen-bond donors (Lipinski definition) is 3. The van der Waals surface area contributed by atoms with E-state index >= 15 is 0 Å². The van der Waals surface area contributed by atoms with E-state index in [9.17, 15) is 22.8 Å². The summed E-state index contributed by atoms with van der Waals surface area (Å²) in [4.78, 5) is 32.2. The third-order valence-electron chi connectivity index (χ3n) is 4.85. The Morgan fingerprint density at radius 1 is 0.971 bits per heavy atom. The zero-order chi connectivity index (χ0) is 25.0. The van der Waals surface area contributed by atoms with Gasteiger partial charge in [-0.2, -0.15) is 18.4 Å². The summed E-state index contributed by atoms with van der Waals surface area (Å²) in [6.07, 6.45) is -0.182. The summed E-state index contributed by atoms with van der Waals surface area (Å²) in [5.74, 6) is 1.17. The lowest BCUT2D eigenvalue weighted by molar-refractivity contribution is -0.137. The second kappa shape index (κ2) is 9.68. The summed E-state index contributed by atoms with van der Waals surface area (Å²) in [6, 6.07) is 9.61. The van der Waals surface area contributed by atoms with Gasteiger partial charge in [-0.25, -0.2) is 14.8 Å². The van der Waals surface area contributed by atoms with Crippen molar-refractivity contribution in [3.05, 3.63) is 66.0 Å². The van der Waals surface area contributed by atoms with Crippen LogP contribution < -0.4 is 20.7 Å². The van der Waals surface area contributed by atoms with Gasteiger partial charge in [0.05, 0.1) is 23.4 Å². The number of carbonyl (C=O) groups excluding carboxylic acids is 2. The second-order valence-electron chi connectivity index (χ2n) is 7.57. The predicted octanol–water partition coefficient (Wildman–Crippen LogP) is 5.15. The van der Waals surface area contributed by atoms with Crippen LogP contribution in [-0.4, -0.2) is 21.9 Å². The van der Waals surface area contributed by atoms with E-state index in [0.717, 1.165) is 18.9 Å². The summed E-state index contributed by atoms with van der Waals surface area (Å²) in [6.45, 7) is 0. The zero-order valence-electron chi connectivity index (χ0n) is 17.9. The lowest BCUT2D eigenvalue weighted by Gasteiger charge is -2.12. The highest BCUT2D eigenvalue weighted by Crippen LogP contribution is 2.34. The number of halogens is 3. The van der Waals surface area contributed by atoms with Gasteiger partial charge in [0.25, 0.3) is 0 Å². The van der Waals surface area contributed by atoms with Gasteiger partial charge in [-0.3, -0.25) is 10.1 Å². The highest BCUT2D eigenvalue weighted by Gasteiger charge is 2.34. The largest absolute Gasteiger partial charge is 0.456 e. The summed E-state index contributed by atoms with van der Waals surface area (Å²) in [7, 11) is 0. The molecule has 4 rings (SSSR count). The fourth-order valence-corrected chi connectivity index (χ4v) is 3.00. The van der Waals surface area contributed by atoms with Crippen molar-refractivity contribution in [2.24, 2.45) is 5.92 Å². The van der Waals surface area contributed by atoms with Crippen LogP contribution in [0.1, 0.15) is 24.0 Å². The van der Waals surface area contributed by atoms with Crippen LogP contribution >= 0.6 is 0 Å². The molecule has 1 aliphatic rings. The van der Waals surface area contributed by atoms with E-state index in [0.29, 0.717) is 23.4 Å². The molecule has 0 atom stereocenters. The highest BCUT2D eigenvalue weighted by molar-refractivity contribution is 5.99. The Morgan fingerprint density at radius 2 is 1.77 bits per heavy atom. The maximum Gasteiger partial charge on any atom is 0.417 e. The standard InChI is InChI=1S/C23H17F3N6O3/c24-23(25,26)18-9-15(4-3-14(18)11-27)30-22(34)32-19-6-5-17(12-29-19)35-16-7-8-28-20(10-16)31-21(33)13-1-2-13/h3-10,12-13H,1-2H2,(H,28,31,33)(H2,29,30,32,34). The van der Waals surface area contributed by atoms with Gasteiger partial charge in [0.2, 0.25) is 5.91 Å². The number of nitriles is 1. The Bertz CT molecular complexity index is 1300. The minimum atomic E-state index is -4.74. The topological polar surface area (TPSA) is 129 Å². The molecule has 9 nitrogen and oxygen atoms in total. The third-order valence-corrected chi connectivity index (χ3v) is 4.85. The van der Waals surface area contributed by atoms with Gasteiger partial charge in [-0.05, 0) is 49.2 Å². The van der Waals surface area contributed by atoms with E-state index in [1.807, 2.05) is 0 Å². The maximum atomic E-state index is 13.1. The Hall–Kier alpha value is -4.66. The fraction of sp³-hybridized carbons (Fsp3) is 0.174. The van der Waals surface area contributed by atoms with Crippen molar-refractivity contribution >= 4 is 29.3 Å². The van der Waals surface area contributed by atoms with E-state index in [2.05, 4.69) is 25.9 Å². The van der Waals surface area contributed by atoms with Crippen molar-refractivity contribution in [1.82, 2.24) is 9.97 Å². The number of nitrogens with zero attached hydrogens (tertiary/aromatic N) is 3. The van der Waals surface area contributed by atoms with Crippen molar-refractivity contribution in [1.29, 1.82) is 5.26 Å². The highest BCUT2D eigenvalue weighted by atomic mass is 19.4. The van der Waals surface area contributed by atoms with Gasteiger partial charge in [-0.15, -0.1) is 0 Å². The predicted molar refractivity (Wildman–Crippen MR) is 119 cm³/mol. The third kappa shape index (κ3) is 6.23. The van der Waals surface area contributed by atoms with E-state index < -0.39 is 23.3 Å². The van der Waals surface area contributed by atoms with Crippen molar-refractivity contribution < 1.29 is 27.5 Å². The Balaban J connectivity index is 1.35. The summed E-state index contributed by atoms with van der Waals surface area (Å²) >= 11 is 0. The molecule has 0 radical (unpaired) electrons. The number of alkyl halides is 3. The van der Waals surface area contributed by atoms with Crippen LogP contribution in [0.15, 0.2) is 54.9 Å². The van der Waals surface area contributed by atoms with Gasteiger partial charge in [0.1, 0.15) is 23.1 Å². The Kier molecular flexibility index (Phi) is 6.50. The monoisotopic (exact) mass is 482 g/mol. The molecule has 2 aromatic heterocycles. The van der Waals surface area contributed by atoms with Crippen LogP contribution in [0.25, 0.3) is 0 Å². The van der Waals surface area contributed by atoms with Crippen LogP contribution in [0.5, 0.6) is 11.5 Å². The van der Waals surface area contributed by atoms with Gasteiger partial charge in [0, 0.05) is 23.9 Å². The van der Waals surface area contributed by atoms with Crippen molar-refractivity contribution in [2.45, 2.75) is 19.0 Å². The number of carbonyl (C=O) groups is 2. The number of rotatable bonds is 6. The Morgan fingerprint density at radius 3 is 2.43 bits per heavy atom. The van der Waals surface area contributed by atoms with Crippen LogP contribution in [-0.2, 0) is 11.0 Å². The molecule has 0 unspecified atom stereocenters. The maximum absolute atomic E-state index is 13.1. The molecule has 3 aromatic rings. The number of nitrogens with one attached hydrogen (secondary N) is 3. The average Bonchev–Trinajstić information content (AvgIpc) is 3.66. The minimum Gasteiger partial charge on any atom is -0.456 e. The molecule has 2 heterocycles. The van der Waals surface area contributed by atoms with Gasteiger partial charge in [0.15, 0.2) is 0 Å². The van der Waals surface area contributed by atoms with Crippen LogP contribution in [0.2, 0.25) is 0 Å². The number of pyridine rings is 2. The molecule has 0 spiro atoms. The molecule has 1 aromatic carbocycles. The quantitative estimate of drug-likeness (QED) is 0.446. The summed E-state index contributed by atoms with van der Waals surface area (Å²) in [5, 5.41) is 16.2. The van der Waals surface area contributed by atoms with Crippen molar-refractivity contribution in [3.63, 3.8) is 0 Å². The molecule has 178 valence electrons. The lowest BCUT2D eigenvalue weighted by Crippen LogP contribution is -2.20. The average molecular weight is 482 g/mol. The molecule has 3 amide bonds. The van der Waals surface area contributed by atoms with Crippen LogP contribution in [0.3, 0.4) is 0 Å². The number of benzene rings is 1. The summed E-state index contributed by atoms with van der Waals surface area (Å²) < 4.78 is 44.9. The first-order chi connectivity index (χ1) is 16.7. The molecule has 35 heavy (non-hydrogen) atoms. The fourth-order valence-electron chi connectivity index (χ4n) is 3.00. The van der Waals surface area contributed by atoms with Gasteiger partial charge >= 0.3 is 12.2 Å². The van der Waals surface area contributed by atoms with E-state index in [1.54, 1.807) is 12.1 Å². The zero-order valence-corrected chi connectivity index (χ0v) is 17.9. The molecule has 0 bridgehead atoms. The molecule has 0 saturated heterocycles. The van der Waals surface area contributed by atoms with Gasteiger partial charge in [-0.1, -0.05) is 0 Å². The molecular formula is C23H17F3N6O3. The first-order valence-corrected chi connectivity index (χ1v) is 10.3. The normalized spacial score (nSPS) is 12.9. The lowest BCUT2D eigenvalue weighted by atomic mass is 10.1. The molecule has 12 heteroatoms. The first kappa shape index (κ1) is 23.5. The first-order valence-electron chi connectivity index (χ1n) is 10.3. The molecule has 0 aliphatic heterocycles. The van der Waals surface area contributed by atoms with E-state index in [-0.39, 0.29) is 23.3 Å². The van der Waals surface area contributed by atoms with Gasteiger partial charge < -0.3 is 15.4 Å². The molecular weight excluding hydrogens is 465 g/mol. The van der Waals surface area contributed by atoms with Crippen LogP contribution in [0.4, 0.5) is 35.3 Å². The molecule has 1 aliphatic carbocycles. The smallest absolute Gasteiger partial charge is 0.417 e. The number of urea groups is 1. The summed E-state index contributed by atoms with van der Waals surface area (Å²) in [5.41, 5.74) is -1.84. The SMILES string of the molecule is N#Cc1ccc(NC(=O)Nc2ccc(Oc3ccnc(NC(=O)C4CC4)c3)cn2)cc1C(F)(F)F. The molecule has 3 N–H and O–H groups in total. The van der Waals surface area contributed by atoms with E-state index in [4.69, 9.17) is 10.00 Å². The van der Waals surface area contributed by atoms with Crippen molar-refractivity contribution in [3.8, 4) is 17.6 Å². The second-order valence-corrected chi connectivity index (χ2v) is 7.57. The van der Waals surface area contributed by atoms with E-state index in [1.165, 1.54) is 36.7 Å².